The van der Waals surface area contributed by atoms with Crippen molar-refractivity contribution in [2.75, 3.05) is 25.5 Å². The van der Waals surface area contributed by atoms with E-state index in [4.69, 9.17) is 4.42 Å². The van der Waals surface area contributed by atoms with Crippen molar-refractivity contribution in [3.8, 4) is 0 Å². The average molecular weight is 312 g/mol. The minimum Gasteiger partial charge on any atom is -0.469 e. The molecule has 3 rings (SSSR count). The van der Waals surface area contributed by atoms with Crippen LogP contribution in [-0.4, -0.2) is 31.4 Å². The molecule has 1 aliphatic heterocycles. The lowest BCUT2D eigenvalue weighted by molar-refractivity contribution is -0.132. The summed E-state index contributed by atoms with van der Waals surface area (Å²) in [6.45, 7) is 0.855. The molecule has 1 saturated heterocycles. The minimum absolute atomic E-state index is 0.207. The highest BCUT2D eigenvalue weighted by molar-refractivity contribution is 5.77. The molecule has 122 valence electrons. The summed E-state index contributed by atoms with van der Waals surface area (Å²) in [5, 5.41) is 0. The predicted molar refractivity (Wildman–Crippen MR) is 91.5 cm³/mol. The highest BCUT2D eigenvalue weighted by atomic mass is 16.3. The van der Waals surface area contributed by atoms with Crippen LogP contribution in [0.5, 0.6) is 0 Å². The standard InChI is InChI=1S/C19H24N2O2/c1-20(2)16-7-3-6-15(14-16)18-9-4-12-21(18)19(22)11-10-17-8-5-13-23-17/h3,5-8,13-14,18H,4,9-12H2,1-2H3/t18-/m0/s1. The third kappa shape index (κ3) is 3.58. The molecule has 0 spiro atoms. The Morgan fingerprint density at radius 2 is 2.17 bits per heavy atom. The average Bonchev–Trinajstić information content (AvgIpc) is 3.24. The number of amides is 1. The van der Waals surface area contributed by atoms with Gasteiger partial charge in [-0.3, -0.25) is 4.79 Å². The molecular formula is C19H24N2O2. The van der Waals surface area contributed by atoms with Crippen molar-refractivity contribution in [1.29, 1.82) is 0 Å². The summed E-state index contributed by atoms with van der Waals surface area (Å²) in [5.41, 5.74) is 2.41. The van der Waals surface area contributed by atoms with Gasteiger partial charge >= 0.3 is 0 Å². The molecule has 2 aromatic rings. The van der Waals surface area contributed by atoms with Crippen LogP contribution in [-0.2, 0) is 11.2 Å². The largest absolute Gasteiger partial charge is 0.469 e. The molecule has 1 aliphatic rings. The molecule has 1 atom stereocenters. The van der Waals surface area contributed by atoms with Gasteiger partial charge in [-0.05, 0) is 42.7 Å². The van der Waals surface area contributed by atoms with Crippen LogP contribution in [0, 0.1) is 0 Å². The molecule has 0 unspecified atom stereocenters. The van der Waals surface area contributed by atoms with Crippen molar-refractivity contribution in [1.82, 2.24) is 4.90 Å². The van der Waals surface area contributed by atoms with E-state index in [0.29, 0.717) is 12.8 Å². The summed E-state index contributed by atoms with van der Waals surface area (Å²) in [5.74, 6) is 1.10. The molecule has 0 aliphatic carbocycles. The normalized spacial score (nSPS) is 17.5. The molecule has 0 bridgehead atoms. The lowest BCUT2D eigenvalue weighted by Gasteiger charge is -2.26. The van der Waals surface area contributed by atoms with Crippen molar-refractivity contribution < 1.29 is 9.21 Å². The molecule has 0 saturated carbocycles. The molecule has 2 heterocycles. The van der Waals surface area contributed by atoms with Crippen molar-refractivity contribution in [3.05, 3.63) is 54.0 Å². The molecule has 0 N–H and O–H groups in total. The van der Waals surface area contributed by atoms with Crippen LogP contribution >= 0.6 is 0 Å². The van der Waals surface area contributed by atoms with Gasteiger partial charge in [0.2, 0.25) is 5.91 Å². The SMILES string of the molecule is CN(C)c1cccc([C@@H]2CCCN2C(=O)CCc2ccco2)c1. The van der Waals surface area contributed by atoms with Gasteiger partial charge in [0.25, 0.3) is 0 Å². The number of carbonyl (C=O) groups is 1. The summed E-state index contributed by atoms with van der Waals surface area (Å²) in [6, 6.07) is 12.5. The number of anilines is 1. The summed E-state index contributed by atoms with van der Waals surface area (Å²) < 4.78 is 5.32. The van der Waals surface area contributed by atoms with Gasteiger partial charge in [-0.25, -0.2) is 0 Å². The zero-order valence-electron chi connectivity index (χ0n) is 13.9. The van der Waals surface area contributed by atoms with Crippen LogP contribution in [0.1, 0.15) is 36.6 Å². The molecular weight excluding hydrogens is 288 g/mol. The van der Waals surface area contributed by atoms with Gasteiger partial charge in [0.05, 0.1) is 12.3 Å². The Morgan fingerprint density at radius 1 is 1.30 bits per heavy atom. The molecule has 4 heteroatoms. The van der Waals surface area contributed by atoms with Gasteiger partial charge < -0.3 is 14.2 Å². The summed E-state index contributed by atoms with van der Waals surface area (Å²) >= 11 is 0. The highest BCUT2D eigenvalue weighted by Crippen LogP contribution is 2.34. The molecule has 23 heavy (non-hydrogen) atoms. The van der Waals surface area contributed by atoms with Crippen molar-refractivity contribution >= 4 is 11.6 Å². The Labute approximate surface area is 137 Å². The fraction of sp³-hybridized carbons (Fsp3) is 0.421. The monoisotopic (exact) mass is 312 g/mol. The maximum atomic E-state index is 12.6. The lowest BCUT2D eigenvalue weighted by atomic mass is 10.0. The number of aryl methyl sites for hydroxylation is 1. The van der Waals surface area contributed by atoms with Gasteiger partial charge in [0.15, 0.2) is 0 Å². The van der Waals surface area contributed by atoms with Crippen LogP contribution in [0.25, 0.3) is 0 Å². The van der Waals surface area contributed by atoms with Crippen LogP contribution in [0.4, 0.5) is 5.69 Å². The Kier molecular flexibility index (Phi) is 4.70. The van der Waals surface area contributed by atoms with Crippen molar-refractivity contribution in [2.24, 2.45) is 0 Å². The molecule has 1 amide bonds. The maximum Gasteiger partial charge on any atom is 0.223 e. The number of carbonyl (C=O) groups excluding carboxylic acids is 1. The lowest BCUT2D eigenvalue weighted by Crippen LogP contribution is -2.30. The second-order valence-corrected chi connectivity index (χ2v) is 6.31. The van der Waals surface area contributed by atoms with Crippen LogP contribution in [0.3, 0.4) is 0 Å². The first-order chi connectivity index (χ1) is 11.1. The number of nitrogens with zero attached hydrogens (tertiary/aromatic N) is 2. The number of hydrogen-bond donors (Lipinski definition) is 0. The van der Waals surface area contributed by atoms with Crippen LogP contribution < -0.4 is 4.90 Å². The van der Waals surface area contributed by atoms with E-state index in [1.165, 1.54) is 11.3 Å². The third-order valence-corrected chi connectivity index (χ3v) is 4.51. The van der Waals surface area contributed by atoms with E-state index in [1.807, 2.05) is 31.1 Å². The van der Waals surface area contributed by atoms with E-state index >= 15 is 0 Å². The molecule has 4 nitrogen and oxygen atoms in total. The maximum absolute atomic E-state index is 12.6. The smallest absolute Gasteiger partial charge is 0.223 e. The number of furan rings is 1. The first-order valence-corrected chi connectivity index (χ1v) is 8.24. The molecule has 1 aromatic carbocycles. The molecule has 0 radical (unpaired) electrons. The number of hydrogen-bond acceptors (Lipinski definition) is 3. The highest BCUT2D eigenvalue weighted by Gasteiger charge is 2.29. The number of likely N-dealkylation sites (tertiary alicyclic amines) is 1. The van der Waals surface area contributed by atoms with Gasteiger partial charge in [-0.15, -0.1) is 0 Å². The van der Waals surface area contributed by atoms with Crippen LogP contribution in [0.2, 0.25) is 0 Å². The molecule has 1 fully saturated rings. The van der Waals surface area contributed by atoms with E-state index in [9.17, 15) is 4.79 Å². The second-order valence-electron chi connectivity index (χ2n) is 6.31. The Bertz CT molecular complexity index is 649. The number of benzene rings is 1. The van der Waals surface area contributed by atoms with E-state index < -0.39 is 0 Å². The van der Waals surface area contributed by atoms with Gasteiger partial charge in [-0.1, -0.05) is 12.1 Å². The fourth-order valence-corrected chi connectivity index (χ4v) is 3.25. The van der Waals surface area contributed by atoms with Crippen molar-refractivity contribution in [3.63, 3.8) is 0 Å². The zero-order chi connectivity index (χ0) is 16.2. The Hall–Kier alpha value is -2.23. The first-order valence-electron chi connectivity index (χ1n) is 8.24. The fourth-order valence-electron chi connectivity index (χ4n) is 3.25. The van der Waals surface area contributed by atoms with Crippen molar-refractivity contribution in [2.45, 2.75) is 31.7 Å². The quantitative estimate of drug-likeness (QED) is 0.846. The second kappa shape index (κ2) is 6.90. The predicted octanol–water partition coefficient (Wildman–Crippen LogP) is 3.64. The van der Waals surface area contributed by atoms with Crippen LogP contribution in [0.15, 0.2) is 47.1 Å². The van der Waals surface area contributed by atoms with E-state index in [2.05, 4.69) is 29.2 Å². The summed E-state index contributed by atoms with van der Waals surface area (Å²) in [7, 11) is 4.08. The van der Waals surface area contributed by atoms with E-state index in [0.717, 1.165) is 25.1 Å². The van der Waals surface area contributed by atoms with E-state index in [1.54, 1.807) is 6.26 Å². The number of rotatable bonds is 5. The minimum atomic E-state index is 0.207. The van der Waals surface area contributed by atoms with Gasteiger partial charge in [0.1, 0.15) is 5.76 Å². The summed E-state index contributed by atoms with van der Waals surface area (Å²) in [4.78, 5) is 16.8. The Balaban J connectivity index is 1.69. The summed E-state index contributed by atoms with van der Waals surface area (Å²) in [6.07, 6.45) is 4.96. The third-order valence-electron chi connectivity index (χ3n) is 4.51. The van der Waals surface area contributed by atoms with Gasteiger partial charge in [-0.2, -0.15) is 0 Å². The van der Waals surface area contributed by atoms with E-state index in [-0.39, 0.29) is 11.9 Å². The zero-order valence-corrected chi connectivity index (χ0v) is 13.9. The first kappa shape index (κ1) is 15.7. The van der Waals surface area contributed by atoms with Gasteiger partial charge in [0, 0.05) is 39.2 Å². The topological polar surface area (TPSA) is 36.7 Å². The molecule has 1 aromatic heterocycles. The Morgan fingerprint density at radius 3 is 2.91 bits per heavy atom.